The first-order valence-corrected chi connectivity index (χ1v) is 5.13. The Morgan fingerprint density at radius 1 is 1.62 bits per heavy atom. The molecule has 1 aliphatic rings. The van der Waals surface area contributed by atoms with Crippen molar-refractivity contribution in [2.24, 2.45) is 0 Å². The first kappa shape index (κ1) is 15.4. The first-order chi connectivity index (χ1) is 6.83. The van der Waals surface area contributed by atoms with Gasteiger partial charge in [0, 0.05) is 12.5 Å². The largest absolute Gasteiger partial charge is 1.00 e. The molecule has 2 atom stereocenters. The van der Waals surface area contributed by atoms with Gasteiger partial charge in [-0.3, -0.25) is 4.48 Å². The molecule has 0 aromatic heterocycles. The van der Waals surface area contributed by atoms with E-state index in [1.807, 2.05) is 21.0 Å². The summed E-state index contributed by atoms with van der Waals surface area (Å²) < 4.78 is 11.1. The summed E-state index contributed by atoms with van der Waals surface area (Å²) in [5.41, 5.74) is 0.435. The van der Waals surface area contributed by atoms with Gasteiger partial charge in [-0.15, -0.1) is 0 Å². The average molecular weight is 250 g/mol. The summed E-state index contributed by atoms with van der Waals surface area (Å²) in [4.78, 5) is 11.3. The fourth-order valence-corrected chi connectivity index (χ4v) is 1.24. The van der Waals surface area contributed by atoms with Crippen LogP contribution in [0.3, 0.4) is 0 Å². The summed E-state index contributed by atoms with van der Waals surface area (Å²) in [6, 6.07) is 0. The molecule has 1 heterocycles. The van der Waals surface area contributed by atoms with Crippen LogP contribution in [-0.4, -0.2) is 50.0 Å². The highest BCUT2D eigenvalue weighted by Gasteiger charge is 2.36. The smallest absolute Gasteiger partial charge is 0.337 e. The van der Waals surface area contributed by atoms with Crippen LogP contribution in [-0.2, 0) is 14.3 Å². The SMILES string of the molecule is C=C(C)C(=O)OC(C)[N+](C)(C)CC1CO1.[Cl-]. The van der Waals surface area contributed by atoms with Gasteiger partial charge in [-0.05, 0) is 6.92 Å². The minimum Gasteiger partial charge on any atom is -1.00 e. The third-order valence-corrected chi connectivity index (χ3v) is 2.69. The maximum atomic E-state index is 11.3. The Morgan fingerprint density at radius 3 is 2.50 bits per heavy atom. The maximum Gasteiger partial charge on any atom is 0.337 e. The van der Waals surface area contributed by atoms with Crippen LogP contribution >= 0.6 is 0 Å². The van der Waals surface area contributed by atoms with E-state index in [4.69, 9.17) is 9.47 Å². The van der Waals surface area contributed by atoms with Crippen molar-refractivity contribution in [3.8, 4) is 0 Å². The van der Waals surface area contributed by atoms with Gasteiger partial charge >= 0.3 is 5.97 Å². The van der Waals surface area contributed by atoms with Gasteiger partial charge in [0.15, 0.2) is 0 Å². The molecule has 1 fully saturated rings. The molecular formula is C11H20ClNO3. The molecule has 0 aromatic carbocycles. The van der Waals surface area contributed by atoms with E-state index in [9.17, 15) is 4.79 Å². The third kappa shape index (κ3) is 4.51. The van der Waals surface area contributed by atoms with E-state index in [-0.39, 0.29) is 24.6 Å². The Labute approximate surface area is 103 Å². The molecule has 4 nitrogen and oxygen atoms in total. The fourth-order valence-electron chi connectivity index (χ4n) is 1.24. The van der Waals surface area contributed by atoms with Crippen LogP contribution < -0.4 is 12.4 Å². The van der Waals surface area contributed by atoms with Crippen molar-refractivity contribution in [1.82, 2.24) is 0 Å². The van der Waals surface area contributed by atoms with Crippen molar-refractivity contribution in [3.63, 3.8) is 0 Å². The van der Waals surface area contributed by atoms with E-state index < -0.39 is 0 Å². The highest BCUT2D eigenvalue weighted by molar-refractivity contribution is 5.86. The van der Waals surface area contributed by atoms with Gasteiger partial charge < -0.3 is 21.9 Å². The molecule has 2 unspecified atom stereocenters. The standard InChI is InChI=1S/C11H20NO3.ClH/c1-8(2)11(13)15-9(3)12(4,5)6-10-7-14-10;/h9-10H,1,6-7H2,2-5H3;1H/q+1;/p-1. The molecule has 0 spiro atoms. The van der Waals surface area contributed by atoms with Crippen molar-refractivity contribution in [2.45, 2.75) is 26.2 Å². The highest BCUT2D eigenvalue weighted by atomic mass is 35.5. The normalized spacial score (nSPS) is 20.6. The second kappa shape index (κ2) is 5.66. The molecule has 0 radical (unpaired) electrons. The van der Waals surface area contributed by atoms with Crippen LogP contribution in [0.25, 0.3) is 0 Å². The van der Waals surface area contributed by atoms with Crippen LogP contribution in [0.4, 0.5) is 0 Å². The molecule has 1 aliphatic heterocycles. The van der Waals surface area contributed by atoms with Gasteiger partial charge in [0.05, 0.1) is 20.7 Å². The lowest BCUT2D eigenvalue weighted by atomic mass is 10.3. The molecule has 0 amide bonds. The van der Waals surface area contributed by atoms with Crippen LogP contribution in [0.2, 0.25) is 0 Å². The number of ether oxygens (including phenoxy) is 2. The number of epoxide rings is 1. The van der Waals surface area contributed by atoms with Crippen molar-refractivity contribution in [3.05, 3.63) is 12.2 Å². The topological polar surface area (TPSA) is 38.8 Å². The number of esters is 1. The predicted octanol–water partition coefficient (Wildman–Crippen LogP) is -2.07. The summed E-state index contributed by atoms with van der Waals surface area (Å²) >= 11 is 0. The van der Waals surface area contributed by atoms with Crippen molar-refractivity contribution < 1.29 is 31.2 Å². The fraction of sp³-hybridized carbons (Fsp3) is 0.727. The summed E-state index contributed by atoms with van der Waals surface area (Å²) in [5, 5.41) is 0. The van der Waals surface area contributed by atoms with Crippen LogP contribution in [0.1, 0.15) is 13.8 Å². The molecule has 16 heavy (non-hydrogen) atoms. The Kier molecular flexibility index (Phi) is 5.46. The molecule has 1 saturated heterocycles. The number of carbonyl (C=O) groups excluding carboxylic acids is 1. The molecule has 0 aliphatic carbocycles. The van der Waals surface area contributed by atoms with Crippen molar-refractivity contribution in [2.75, 3.05) is 27.2 Å². The number of hydrogen-bond donors (Lipinski definition) is 0. The molecule has 0 N–H and O–H groups in total. The molecule has 0 saturated carbocycles. The monoisotopic (exact) mass is 249 g/mol. The van der Waals surface area contributed by atoms with E-state index in [1.54, 1.807) is 6.92 Å². The summed E-state index contributed by atoms with van der Waals surface area (Å²) in [5.74, 6) is -0.328. The summed E-state index contributed by atoms with van der Waals surface area (Å²) in [7, 11) is 4.05. The first-order valence-electron chi connectivity index (χ1n) is 5.13. The van der Waals surface area contributed by atoms with Crippen LogP contribution in [0.15, 0.2) is 12.2 Å². The summed E-state index contributed by atoms with van der Waals surface area (Å²) in [6.07, 6.45) is 0.143. The number of carbonyl (C=O) groups is 1. The average Bonchev–Trinajstić information content (AvgIpc) is 2.86. The Balaban J connectivity index is 0.00000225. The molecular weight excluding hydrogens is 230 g/mol. The van der Waals surface area contributed by atoms with Gasteiger partial charge in [-0.25, -0.2) is 4.79 Å². The predicted molar refractivity (Wildman–Crippen MR) is 57.1 cm³/mol. The van der Waals surface area contributed by atoms with Crippen LogP contribution in [0.5, 0.6) is 0 Å². The molecule has 5 heteroatoms. The van der Waals surface area contributed by atoms with E-state index in [1.165, 1.54) is 0 Å². The zero-order chi connectivity index (χ0) is 11.6. The van der Waals surface area contributed by atoms with Gasteiger partial charge in [0.2, 0.25) is 6.23 Å². The third-order valence-electron chi connectivity index (χ3n) is 2.69. The maximum absolute atomic E-state index is 11.3. The summed E-state index contributed by atoms with van der Waals surface area (Å²) in [6.45, 7) is 8.79. The minimum absolute atomic E-state index is 0. The lowest BCUT2D eigenvalue weighted by molar-refractivity contribution is -0.933. The Morgan fingerprint density at radius 2 is 2.12 bits per heavy atom. The van der Waals surface area contributed by atoms with E-state index >= 15 is 0 Å². The van der Waals surface area contributed by atoms with Gasteiger partial charge in [0.25, 0.3) is 0 Å². The number of quaternary nitrogens is 1. The quantitative estimate of drug-likeness (QED) is 0.185. The Hall–Kier alpha value is -0.580. The van der Waals surface area contributed by atoms with Crippen molar-refractivity contribution in [1.29, 1.82) is 0 Å². The molecule has 0 bridgehead atoms. The zero-order valence-electron chi connectivity index (χ0n) is 10.3. The number of halogens is 1. The number of rotatable bonds is 5. The molecule has 0 aromatic rings. The number of nitrogens with zero attached hydrogens (tertiary/aromatic N) is 1. The van der Waals surface area contributed by atoms with Gasteiger partial charge in [-0.2, -0.15) is 0 Å². The number of hydrogen-bond acceptors (Lipinski definition) is 3. The van der Waals surface area contributed by atoms with Crippen LogP contribution in [0, 0.1) is 0 Å². The lowest BCUT2D eigenvalue weighted by Gasteiger charge is -2.34. The van der Waals surface area contributed by atoms with Gasteiger partial charge in [0.1, 0.15) is 12.6 Å². The van der Waals surface area contributed by atoms with E-state index in [2.05, 4.69) is 6.58 Å². The van der Waals surface area contributed by atoms with Gasteiger partial charge in [-0.1, -0.05) is 6.58 Å². The second-order valence-corrected chi connectivity index (χ2v) is 4.70. The zero-order valence-corrected chi connectivity index (χ0v) is 11.1. The van der Waals surface area contributed by atoms with E-state index in [0.29, 0.717) is 16.2 Å². The lowest BCUT2D eigenvalue weighted by Crippen LogP contribution is -3.00. The highest BCUT2D eigenvalue weighted by Crippen LogP contribution is 2.18. The van der Waals surface area contributed by atoms with Crippen molar-refractivity contribution >= 4 is 5.97 Å². The molecule has 94 valence electrons. The molecule has 1 rings (SSSR count). The van der Waals surface area contributed by atoms with E-state index in [0.717, 1.165) is 13.2 Å². The Bertz CT molecular complexity index is 274. The number of likely N-dealkylation sites (N-methyl/N-ethyl adjacent to an activating group) is 1. The second-order valence-electron chi connectivity index (χ2n) is 4.70. The minimum atomic E-state index is -0.328.